The highest BCUT2D eigenvalue weighted by Crippen LogP contribution is 2.27. The summed E-state index contributed by atoms with van der Waals surface area (Å²) in [5.41, 5.74) is 4.11. The van der Waals surface area contributed by atoms with Crippen LogP contribution in [0.5, 0.6) is 0 Å². The summed E-state index contributed by atoms with van der Waals surface area (Å²) in [5.74, 6) is 2.36. The molecule has 182 valence electrons. The van der Waals surface area contributed by atoms with Crippen LogP contribution in [-0.2, 0) is 24.1 Å². The van der Waals surface area contributed by atoms with Crippen LogP contribution < -0.4 is 20.4 Å². The van der Waals surface area contributed by atoms with Gasteiger partial charge in [-0.25, -0.2) is 0 Å². The minimum atomic E-state index is 0.531. The summed E-state index contributed by atoms with van der Waals surface area (Å²) >= 11 is 5.57. The van der Waals surface area contributed by atoms with Crippen molar-refractivity contribution in [1.82, 2.24) is 15.3 Å². The lowest BCUT2D eigenvalue weighted by molar-refractivity contribution is 0.122. The summed E-state index contributed by atoms with van der Waals surface area (Å²) in [6.07, 6.45) is 3.02. The molecular formula is C27H32N6OS. The normalized spacial score (nSPS) is 15.4. The van der Waals surface area contributed by atoms with Crippen LogP contribution in [0.25, 0.3) is 0 Å². The summed E-state index contributed by atoms with van der Waals surface area (Å²) in [7, 11) is 0. The average molecular weight is 489 g/mol. The molecule has 35 heavy (non-hydrogen) atoms. The molecule has 3 aromatic rings. The minimum Gasteiger partial charge on any atom is -0.378 e. The Balaban J connectivity index is 1.26. The van der Waals surface area contributed by atoms with Crippen LogP contribution in [0, 0.1) is 0 Å². The third-order valence-electron chi connectivity index (χ3n) is 6.48. The van der Waals surface area contributed by atoms with E-state index in [0.29, 0.717) is 24.3 Å². The van der Waals surface area contributed by atoms with Gasteiger partial charge in [-0.2, -0.15) is 9.97 Å². The van der Waals surface area contributed by atoms with Gasteiger partial charge < -0.3 is 25.2 Å². The summed E-state index contributed by atoms with van der Waals surface area (Å²) < 4.78 is 5.55. The van der Waals surface area contributed by atoms with Crippen LogP contribution in [0.15, 0.2) is 60.7 Å². The van der Waals surface area contributed by atoms with Crippen LogP contribution in [0.2, 0.25) is 0 Å². The molecule has 3 heterocycles. The van der Waals surface area contributed by atoms with E-state index in [0.717, 1.165) is 63.6 Å². The van der Waals surface area contributed by atoms with Gasteiger partial charge in [0.25, 0.3) is 0 Å². The van der Waals surface area contributed by atoms with Gasteiger partial charge in [-0.05, 0) is 48.2 Å². The summed E-state index contributed by atoms with van der Waals surface area (Å²) in [4.78, 5) is 14.3. The van der Waals surface area contributed by atoms with E-state index in [9.17, 15) is 0 Å². The largest absolute Gasteiger partial charge is 0.378 e. The van der Waals surface area contributed by atoms with E-state index < -0.39 is 0 Å². The van der Waals surface area contributed by atoms with E-state index in [2.05, 4.69) is 75.0 Å². The highest BCUT2D eigenvalue weighted by molar-refractivity contribution is 7.80. The Morgan fingerprint density at radius 1 is 0.886 bits per heavy atom. The number of aromatic nitrogens is 2. The van der Waals surface area contributed by atoms with Gasteiger partial charge in [0.2, 0.25) is 5.95 Å². The third kappa shape index (κ3) is 6.26. The number of morpholine rings is 1. The fraction of sp³-hybridized carbons (Fsp3) is 0.370. The number of aryl methyl sites for hydroxylation is 1. The fourth-order valence-corrected chi connectivity index (χ4v) is 4.76. The molecule has 0 amide bonds. The summed E-state index contributed by atoms with van der Waals surface area (Å²) in [6.45, 7) is 5.62. The first-order valence-corrected chi connectivity index (χ1v) is 12.8. The molecule has 2 aromatic carbocycles. The van der Waals surface area contributed by atoms with Crippen molar-refractivity contribution in [3.63, 3.8) is 0 Å². The van der Waals surface area contributed by atoms with Crippen molar-refractivity contribution in [3.05, 3.63) is 77.4 Å². The molecule has 2 aliphatic rings. The van der Waals surface area contributed by atoms with Crippen molar-refractivity contribution < 1.29 is 4.74 Å². The van der Waals surface area contributed by atoms with Gasteiger partial charge >= 0.3 is 0 Å². The summed E-state index contributed by atoms with van der Waals surface area (Å²) in [5, 5.41) is 7.09. The second-order valence-electron chi connectivity index (χ2n) is 8.92. The molecule has 1 fully saturated rings. The van der Waals surface area contributed by atoms with E-state index in [-0.39, 0.29) is 0 Å². The summed E-state index contributed by atoms with van der Waals surface area (Å²) in [6, 6.07) is 21.3. The predicted molar refractivity (Wildman–Crippen MR) is 145 cm³/mol. The number of fused-ring (bicyclic) bond motifs is 1. The molecule has 0 radical (unpaired) electrons. The van der Waals surface area contributed by atoms with Gasteiger partial charge in [-0.3, -0.25) is 0 Å². The Labute approximate surface area is 212 Å². The Hall–Kier alpha value is -3.23. The Morgan fingerprint density at radius 2 is 1.60 bits per heavy atom. The average Bonchev–Trinajstić information content (AvgIpc) is 2.92. The van der Waals surface area contributed by atoms with E-state index in [4.69, 9.17) is 26.9 Å². The highest BCUT2D eigenvalue weighted by Gasteiger charge is 2.21. The lowest BCUT2D eigenvalue weighted by Gasteiger charge is -2.32. The maximum absolute atomic E-state index is 5.57. The second-order valence-corrected chi connectivity index (χ2v) is 9.33. The zero-order valence-electron chi connectivity index (χ0n) is 19.9. The second kappa shape index (κ2) is 11.5. The quantitative estimate of drug-likeness (QED) is 0.385. The van der Waals surface area contributed by atoms with Crippen molar-refractivity contribution >= 4 is 34.9 Å². The van der Waals surface area contributed by atoms with Crippen LogP contribution >= 0.6 is 12.2 Å². The number of hydrogen-bond acceptors (Lipinski definition) is 6. The number of benzene rings is 2. The monoisotopic (exact) mass is 488 g/mol. The van der Waals surface area contributed by atoms with Crippen molar-refractivity contribution in [2.75, 3.05) is 54.5 Å². The molecular weight excluding hydrogens is 456 g/mol. The SMILES string of the molecule is S=C(NCCCc1ccccc1)Nc1nc(N2CCOCC2)cc(N2CCc3ccccc3C2)n1. The number of thiocarbonyl (C=S) groups is 1. The number of nitrogens with zero attached hydrogens (tertiary/aromatic N) is 4. The lowest BCUT2D eigenvalue weighted by Crippen LogP contribution is -2.38. The van der Waals surface area contributed by atoms with Crippen molar-refractivity contribution in [2.45, 2.75) is 25.8 Å². The number of hydrogen-bond donors (Lipinski definition) is 2. The van der Waals surface area contributed by atoms with Gasteiger partial charge in [0.05, 0.1) is 13.2 Å². The van der Waals surface area contributed by atoms with E-state index in [1.807, 2.05) is 6.07 Å². The molecule has 7 nitrogen and oxygen atoms in total. The molecule has 0 aliphatic carbocycles. The first-order valence-electron chi connectivity index (χ1n) is 12.4. The molecule has 5 rings (SSSR count). The Bertz CT molecular complexity index is 1140. The van der Waals surface area contributed by atoms with E-state index in [1.165, 1.54) is 16.7 Å². The maximum atomic E-state index is 5.57. The maximum Gasteiger partial charge on any atom is 0.232 e. The first kappa shape index (κ1) is 23.5. The van der Waals surface area contributed by atoms with E-state index in [1.54, 1.807) is 0 Å². The molecule has 1 aromatic heterocycles. The smallest absolute Gasteiger partial charge is 0.232 e. The number of nitrogens with one attached hydrogen (secondary N) is 2. The van der Waals surface area contributed by atoms with E-state index >= 15 is 0 Å². The Kier molecular flexibility index (Phi) is 7.70. The molecule has 0 spiro atoms. The zero-order valence-corrected chi connectivity index (χ0v) is 20.8. The molecule has 0 saturated carbocycles. The van der Waals surface area contributed by atoms with Gasteiger partial charge in [0, 0.05) is 38.8 Å². The molecule has 2 aliphatic heterocycles. The topological polar surface area (TPSA) is 65.6 Å². The first-order chi connectivity index (χ1) is 17.2. The molecule has 1 saturated heterocycles. The number of ether oxygens (including phenoxy) is 1. The van der Waals surface area contributed by atoms with Gasteiger partial charge in [-0.15, -0.1) is 0 Å². The third-order valence-corrected chi connectivity index (χ3v) is 6.73. The lowest BCUT2D eigenvalue weighted by atomic mass is 10.00. The molecule has 0 unspecified atom stereocenters. The van der Waals surface area contributed by atoms with Crippen LogP contribution in [-0.4, -0.2) is 54.5 Å². The highest BCUT2D eigenvalue weighted by atomic mass is 32.1. The van der Waals surface area contributed by atoms with Crippen molar-refractivity contribution in [2.24, 2.45) is 0 Å². The van der Waals surface area contributed by atoms with Crippen molar-refractivity contribution in [3.8, 4) is 0 Å². The molecule has 0 atom stereocenters. The minimum absolute atomic E-state index is 0.531. The van der Waals surface area contributed by atoms with Crippen LogP contribution in [0.3, 0.4) is 0 Å². The zero-order chi connectivity index (χ0) is 23.9. The molecule has 0 bridgehead atoms. The Morgan fingerprint density at radius 3 is 2.40 bits per heavy atom. The van der Waals surface area contributed by atoms with Crippen LogP contribution in [0.1, 0.15) is 23.1 Å². The molecule has 8 heteroatoms. The van der Waals surface area contributed by atoms with Gasteiger partial charge in [0.15, 0.2) is 5.11 Å². The van der Waals surface area contributed by atoms with Gasteiger partial charge in [-0.1, -0.05) is 54.6 Å². The number of anilines is 3. The standard InChI is InChI=1S/C27H32N6OS/c35-27(28-13-6-9-21-7-2-1-3-8-21)31-26-29-24(32-15-17-34-18-16-32)19-25(30-26)33-14-12-22-10-4-5-11-23(22)20-33/h1-5,7-8,10-11,19H,6,9,12-18,20H2,(H2,28,29,30,31,35). The van der Waals surface area contributed by atoms with Crippen LogP contribution in [0.4, 0.5) is 17.6 Å². The fourth-order valence-electron chi connectivity index (χ4n) is 4.57. The number of rotatable bonds is 7. The van der Waals surface area contributed by atoms with Gasteiger partial charge in [0.1, 0.15) is 11.6 Å². The van der Waals surface area contributed by atoms with Crippen molar-refractivity contribution in [1.29, 1.82) is 0 Å². The molecule has 2 N–H and O–H groups in total. The predicted octanol–water partition coefficient (Wildman–Crippen LogP) is 3.80.